The molecule has 0 aliphatic carbocycles. The molecule has 2 saturated heterocycles. The molecule has 2 aromatic rings. The first-order valence-corrected chi connectivity index (χ1v) is 9.41. The number of hydrogen-bond donors (Lipinski definition) is 3. The van der Waals surface area contributed by atoms with Crippen LogP contribution in [0.4, 0.5) is 5.69 Å². The van der Waals surface area contributed by atoms with Gasteiger partial charge in [-0.1, -0.05) is 11.6 Å². The lowest BCUT2D eigenvalue weighted by Gasteiger charge is -2.29. The second kappa shape index (κ2) is 7.62. The number of benzene rings is 1. The number of fused-ring (bicyclic) bond motifs is 2. The summed E-state index contributed by atoms with van der Waals surface area (Å²) in [6, 6.07) is 7.72. The van der Waals surface area contributed by atoms with E-state index in [1.54, 1.807) is 24.3 Å². The van der Waals surface area contributed by atoms with Gasteiger partial charge in [0.15, 0.2) is 11.4 Å². The molecule has 3 N–H and O–H groups in total. The fraction of sp³-hybridized carbons (Fsp3) is 0.368. The summed E-state index contributed by atoms with van der Waals surface area (Å²) in [6.45, 7) is 0. The lowest BCUT2D eigenvalue weighted by atomic mass is 9.99. The number of anilines is 1. The number of halogens is 1. The Kier molecular flexibility index (Phi) is 5.05. The molecular weight excluding hydrogens is 366 g/mol. The summed E-state index contributed by atoms with van der Waals surface area (Å²) >= 11 is 5.86. The van der Waals surface area contributed by atoms with E-state index in [0.717, 1.165) is 25.7 Å². The number of piperidine rings is 1. The highest BCUT2D eigenvalue weighted by Gasteiger charge is 2.34. The summed E-state index contributed by atoms with van der Waals surface area (Å²) < 4.78 is 0. The second-order valence-corrected chi connectivity index (χ2v) is 7.43. The molecular formula is C19H20ClN5O2. The minimum Gasteiger partial charge on any atom is -0.348 e. The van der Waals surface area contributed by atoms with Gasteiger partial charge in [0, 0.05) is 41.2 Å². The molecule has 2 fully saturated rings. The van der Waals surface area contributed by atoms with Gasteiger partial charge in [0.1, 0.15) is 0 Å². The van der Waals surface area contributed by atoms with Gasteiger partial charge in [0.25, 0.3) is 11.8 Å². The normalized spacial score (nSPS) is 23.7. The van der Waals surface area contributed by atoms with Gasteiger partial charge in [-0.15, -0.1) is 0 Å². The predicted octanol–water partition coefficient (Wildman–Crippen LogP) is 2.40. The Morgan fingerprint density at radius 3 is 2.19 bits per heavy atom. The zero-order chi connectivity index (χ0) is 18.8. The minimum absolute atomic E-state index is 0.00172. The molecule has 140 valence electrons. The lowest BCUT2D eigenvalue weighted by molar-refractivity contribution is 0.0906. The number of rotatable bonds is 4. The maximum Gasteiger partial charge on any atom is 0.276 e. The van der Waals surface area contributed by atoms with E-state index in [9.17, 15) is 9.59 Å². The number of nitrogens with one attached hydrogen (secondary N) is 3. The smallest absolute Gasteiger partial charge is 0.276 e. The number of hydrogen-bond acceptors (Lipinski definition) is 5. The van der Waals surface area contributed by atoms with E-state index in [1.165, 1.54) is 12.4 Å². The average molecular weight is 386 g/mol. The highest BCUT2D eigenvalue weighted by Crippen LogP contribution is 2.27. The van der Waals surface area contributed by atoms with Gasteiger partial charge in [-0.3, -0.25) is 9.59 Å². The van der Waals surface area contributed by atoms with Crippen molar-refractivity contribution in [3.8, 4) is 0 Å². The maximum absolute atomic E-state index is 12.7. The van der Waals surface area contributed by atoms with Crippen molar-refractivity contribution in [1.82, 2.24) is 20.6 Å². The van der Waals surface area contributed by atoms with Crippen molar-refractivity contribution < 1.29 is 9.59 Å². The van der Waals surface area contributed by atoms with Crippen molar-refractivity contribution in [2.24, 2.45) is 0 Å². The summed E-state index contributed by atoms with van der Waals surface area (Å²) in [5.41, 5.74) is 0.605. The first-order valence-electron chi connectivity index (χ1n) is 9.03. The number of carbonyl (C=O) groups excluding carboxylic acids is 2. The first-order chi connectivity index (χ1) is 13.1. The van der Waals surface area contributed by atoms with Gasteiger partial charge in [0.2, 0.25) is 0 Å². The van der Waals surface area contributed by atoms with E-state index in [1.807, 2.05) is 0 Å². The molecule has 2 bridgehead atoms. The fourth-order valence-corrected chi connectivity index (χ4v) is 3.95. The van der Waals surface area contributed by atoms with Crippen molar-refractivity contribution in [1.29, 1.82) is 0 Å². The van der Waals surface area contributed by atoms with Crippen LogP contribution < -0.4 is 16.0 Å². The largest absolute Gasteiger partial charge is 0.348 e. The second-order valence-electron chi connectivity index (χ2n) is 6.99. The van der Waals surface area contributed by atoms with E-state index in [0.29, 0.717) is 22.8 Å². The third-order valence-electron chi connectivity index (χ3n) is 5.04. The van der Waals surface area contributed by atoms with E-state index >= 15 is 0 Å². The van der Waals surface area contributed by atoms with Crippen molar-refractivity contribution in [2.75, 3.05) is 5.32 Å². The van der Waals surface area contributed by atoms with Crippen LogP contribution in [-0.2, 0) is 0 Å². The molecule has 2 unspecified atom stereocenters. The Labute approximate surface area is 161 Å². The third-order valence-corrected chi connectivity index (χ3v) is 5.29. The lowest BCUT2D eigenvalue weighted by Crippen LogP contribution is -2.48. The third kappa shape index (κ3) is 4.09. The summed E-state index contributed by atoms with van der Waals surface area (Å²) in [5, 5.41) is 9.86. The van der Waals surface area contributed by atoms with E-state index in [2.05, 4.69) is 25.9 Å². The topological polar surface area (TPSA) is 96.0 Å². The molecule has 3 heterocycles. The maximum atomic E-state index is 12.7. The molecule has 2 aliphatic heterocycles. The molecule has 0 spiro atoms. The van der Waals surface area contributed by atoms with Crippen LogP contribution in [0.5, 0.6) is 0 Å². The van der Waals surface area contributed by atoms with Gasteiger partial charge in [-0.25, -0.2) is 9.97 Å². The molecule has 2 aliphatic rings. The molecule has 8 heteroatoms. The van der Waals surface area contributed by atoms with Gasteiger partial charge in [-0.2, -0.15) is 0 Å². The van der Waals surface area contributed by atoms with Crippen LogP contribution in [0.15, 0.2) is 36.7 Å². The SMILES string of the molecule is O=C(Nc1ccc(Cl)cc1)c1nccnc1C(=O)NC1CC2CCC(C1)N2. The van der Waals surface area contributed by atoms with Crippen molar-refractivity contribution in [2.45, 2.75) is 43.8 Å². The number of nitrogens with zero attached hydrogens (tertiary/aromatic N) is 2. The van der Waals surface area contributed by atoms with E-state index in [-0.39, 0.29) is 23.3 Å². The van der Waals surface area contributed by atoms with Gasteiger partial charge in [0.05, 0.1) is 0 Å². The van der Waals surface area contributed by atoms with Crippen LogP contribution in [0.3, 0.4) is 0 Å². The van der Waals surface area contributed by atoms with Crippen molar-refractivity contribution >= 4 is 29.1 Å². The fourth-order valence-electron chi connectivity index (χ4n) is 3.82. The number of carbonyl (C=O) groups is 2. The highest BCUT2D eigenvalue weighted by molar-refractivity contribution is 6.30. The molecule has 0 radical (unpaired) electrons. The van der Waals surface area contributed by atoms with Crippen LogP contribution in [0, 0.1) is 0 Å². The standard InChI is InChI=1S/C19H20ClN5O2/c20-11-1-3-12(4-2-11)24-18(26)16-17(22-8-7-21-16)19(27)25-15-9-13-5-6-14(10-15)23-13/h1-4,7-8,13-15,23H,5-6,9-10H2,(H,24,26)(H,25,27). The van der Waals surface area contributed by atoms with Crippen molar-refractivity contribution in [3.05, 3.63) is 53.1 Å². The molecule has 7 nitrogen and oxygen atoms in total. The van der Waals surface area contributed by atoms with Crippen LogP contribution in [0.2, 0.25) is 5.02 Å². The van der Waals surface area contributed by atoms with Crippen LogP contribution in [-0.4, -0.2) is 39.9 Å². The minimum atomic E-state index is -0.485. The Balaban J connectivity index is 1.47. The monoisotopic (exact) mass is 385 g/mol. The summed E-state index contributed by atoms with van der Waals surface area (Å²) in [6.07, 6.45) is 6.91. The average Bonchev–Trinajstić information content (AvgIpc) is 3.02. The van der Waals surface area contributed by atoms with Crippen LogP contribution >= 0.6 is 11.6 Å². The molecule has 0 saturated carbocycles. The molecule has 2 amide bonds. The zero-order valence-corrected chi connectivity index (χ0v) is 15.4. The number of amides is 2. The predicted molar refractivity (Wildman–Crippen MR) is 102 cm³/mol. The van der Waals surface area contributed by atoms with Gasteiger partial charge < -0.3 is 16.0 Å². The Morgan fingerprint density at radius 2 is 1.56 bits per heavy atom. The van der Waals surface area contributed by atoms with Gasteiger partial charge >= 0.3 is 0 Å². The van der Waals surface area contributed by atoms with Crippen LogP contribution in [0.25, 0.3) is 0 Å². The quantitative estimate of drug-likeness (QED) is 0.751. The molecule has 1 aromatic carbocycles. The Morgan fingerprint density at radius 1 is 0.963 bits per heavy atom. The summed E-state index contributed by atoms with van der Waals surface area (Å²) in [4.78, 5) is 33.5. The molecule has 4 rings (SSSR count). The molecule has 27 heavy (non-hydrogen) atoms. The molecule has 1 aromatic heterocycles. The van der Waals surface area contributed by atoms with E-state index in [4.69, 9.17) is 11.6 Å². The number of aromatic nitrogens is 2. The van der Waals surface area contributed by atoms with Crippen LogP contribution in [0.1, 0.15) is 46.7 Å². The van der Waals surface area contributed by atoms with Crippen molar-refractivity contribution in [3.63, 3.8) is 0 Å². The molecule has 2 atom stereocenters. The van der Waals surface area contributed by atoms with Gasteiger partial charge in [-0.05, 0) is 49.9 Å². The highest BCUT2D eigenvalue weighted by atomic mass is 35.5. The Hall–Kier alpha value is -2.51. The first kappa shape index (κ1) is 17.9. The summed E-state index contributed by atoms with van der Waals surface area (Å²) in [5.74, 6) is -0.850. The summed E-state index contributed by atoms with van der Waals surface area (Å²) in [7, 11) is 0. The zero-order valence-electron chi connectivity index (χ0n) is 14.6. The Bertz CT molecular complexity index is 845. The van der Waals surface area contributed by atoms with E-state index < -0.39 is 5.91 Å².